The molecular weight excluding hydrogens is 362 g/mol. The molecule has 2 aromatic heterocycles. The maximum Gasteiger partial charge on any atom is 0.219 e. The molecule has 6 nitrogen and oxygen atoms in total. The van der Waals surface area contributed by atoms with E-state index in [2.05, 4.69) is 50.2 Å². The lowest BCUT2D eigenvalue weighted by Gasteiger charge is -2.40. The van der Waals surface area contributed by atoms with Gasteiger partial charge in [0.15, 0.2) is 5.82 Å². The van der Waals surface area contributed by atoms with Crippen LogP contribution in [0.4, 0.5) is 0 Å². The van der Waals surface area contributed by atoms with Crippen LogP contribution in [0.15, 0.2) is 54.7 Å². The van der Waals surface area contributed by atoms with Crippen molar-refractivity contribution in [2.75, 3.05) is 26.2 Å². The minimum Gasteiger partial charge on any atom is -0.493 e. The summed E-state index contributed by atoms with van der Waals surface area (Å²) in [4.78, 5) is 9.47. The van der Waals surface area contributed by atoms with Crippen LogP contribution >= 0.6 is 0 Å². The Labute approximate surface area is 171 Å². The van der Waals surface area contributed by atoms with E-state index in [0.29, 0.717) is 11.9 Å². The maximum atomic E-state index is 10.8. The molecule has 29 heavy (non-hydrogen) atoms. The number of rotatable bonds is 4. The van der Waals surface area contributed by atoms with Crippen LogP contribution in [-0.4, -0.2) is 61.9 Å². The number of aryl methyl sites for hydroxylation is 1. The fourth-order valence-corrected chi connectivity index (χ4v) is 4.61. The molecule has 6 heteroatoms. The average Bonchev–Trinajstić information content (AvgIpc) is 3.12. The first-order valence-electron chi connectivity index (χ1n) is 10.5. The van der Waals surface area contributed by atoms with E-state index in [1.165, 1.54) is 5.56 Å². The molecule has 3 heterocycles. The molecule has 1 fully saturated rings. The largest absolute Gasteiger partial charge is 0.493 e. The molecule has 0 bridgehead atoms. The third-order valence-electron chi connectivity index (χ3n) is 6.23. The zero-order valence-electron chi connectivity index (χ0n) is 16.6. The third kappa shape index (κ3) is 3.78. The van der Waals surface area contributed by atoms with Crippen LogP contribution in [0.1, 0.15) is 23.2 Å². The lowest BCUT2D eigenvalue weighted by molar-refractivity contribution is 0.0852. The quantitative estimate of drug-likeness (QED) is 0.743. The van der Waals surface area contributed by atoms with Crippen LogP contribution in [0.5, 0.6) is 5.88 Å². The van der Waals surface area contributed by atoms with Gasteiger partial charge in [-0.05, 0) is 37.0 Å². The van der Waals surface area contributed by atoms with Gasteiger partial charge in [-0.2, -0.15) is 9.78 Å². The monoisotopic (exact) mass is 389 g/mol. The van der Waals surface area contributed by atoms with Gasteiger partial charge in [0.05, 0.1) is 5.69 Å². The van der Waals surface area contributed by atoms with Gasteiger partial charge in [-0.3, -0.25) is 9.80 Å². The fourth-order valence-electron chi connectivity index (χ4n) is 4.61. The minimum absolute atomic E-state index is 0.256. The predicted octanol–water partition coefficient (Wildman–Crippen LogP) is 2.65. The van der Waals surface area contributed by atoms with E-state index in [-0.39, 0.29) is 5.88 Å². The molecule has 0 radical (unpaired) electrons. The average molecular weight is 390 g/mol. The second-order valence-corrected chi connectivity index (χ2v) is 8.04. The molecule has 0 amide bonds. The van der Waals surface area contributed by atoms with Crippen molar-refractivity contribution in [1.29, 1.82) is 0 Å². The lowest BCUT2D eigenvalue weighted by Crippen LogP contribution is -2.51. The van der Waals surface area contributed by atoms with Gasteiger partial charge in [0, 0.05) is 50.5 Å². The molecule has 1 unspecified atom stereocenters. The molecule has 0 saturated carbocycles. The highest BCUT2D eigenvalue weighted by atomic mass is 16.3. The van der Waals surface area contributed by atoms with E-state index in [9.17, 15) is 5.11 Å². The Hall–Kier alpha value is -2.70. The Bertz CT molecular complexity index is 948. The molecule has 1 aliphatic heterocycles. The Morgan fingerprint density at radius 2 is 1.76 bits per heavy atom. The number of pyridine rings is 1. The fraction of sp³-hybridized carbons (Fsp3) is 0.391. The number of fused-ring (bicyclic) bond motifs is 1. The van der Waals surface area contributed by atoms with Gasteiger partial charge in [-0.1, -0.05) is 36.4 Å². The Kier molecular flexibility index (Phi) is 5.04. The summed E-state index contributed by atoms with van der Waals surface area (Å²) in [6.45, 7) is 5.39. The molecule has 1 N–H and O–H groups in total. The van der Waals surface area contributed by atoms with Crippen molar-refractivity contribution in [3.63, 3.8) is 0 Å². The minimum atomic E-state index is 0.256. The third-order valence-corrected chi connectivity index (χ3v) is 6.23. The normalized spacial score (nSPS) is 20.5. The number of aromatic nitrogens is 3. The van der Waals surface area contributed by atoms with Gasteiger partial charge in [-0.15, -0.1) is 0 Å². The molecule has 1 aliphatic carbocycles. The molecule has 3 aromatic rings. The van der Waals surface area contributed by atoms with Crippen molar-refractivity contribution >= 4 is 0 Å². The van der Waals surface area contributed by atoms with Crippen LogP contribution < -0.4 is 0 Å². The number of hydrogen-bond acceptors (Lipinski definition) is 5. The van der Waals surface area contributed by atoms with Crippen molar-refractivity contribution in [1.82, 2.24) is 24.6 Å². The van der Waals surface area contributed by atoms with Crippen LogP contribution in [-0.2, 0) is 19.4 Å². The molecular formula is C23H27N5O. The number of benzene rings is 1. The van der Waals surface area contributed by atoms with Crippen LogP contribution in [0.25, 0.3) is 5.82 Å². The van der Waals surface area contributed by atoms with Crippen molar-refractivity contribution < 1.29 is 5.11 Å². The van der Waals surface area contributed by atoms with Crippen LogP contribution in [0.3, 0.4) is 0 Å². The number of nitrogens with zero attached hydrogens (tertiary/aromatic N) is 5. The van der Waals surface area contributed by atoms with E-state index in [4.69, 9.17) is 0 Å². The predicted molar refractivity (Wildman–Crippen MR) is 112 cm³/mol. The SMILES string of the molecule is Oc1c2c(nn1-c1ccccn1)CCC(N1CCN(Cc3ccccc3)CC1)C2. The number of hydrogen-bond donors (Lipinski definition) is 1. The topological polar surface area (TPSA) is 57.4 Å². The Balaban J connectivity index is 1.23. The summed E-state index contributed by atoms with van der Waals surface area (Å²) < 4.78 is 1.59. The first kappa shape index (κ1) is 18.3. The summed E-state index contributed by atoms with van der Waals surface area (Å²) in [5.41, 5.74) is 3.40. The highest BCUT2D eigenvalue weighted by Crippen LogP contribution is 2.32. The second kappa shape index (κ2) is 7.97. The molecule has 150 valence electrons. The second-order valence-electron chi connectivity index (χ2n) is 8.04. The molecule has 1 saturated heterocycles. The van der Waals surface area contributed by atoms with E-state index in [1.807, 2.05) is 18.2 Å². The summed E-state index contributed by atoms with van der Waals surface area (Å²) in [7, 11) is 0. The van der Waals surface area contributed by atoms with Crippen LogP contribution in [0.2, 0.25) is 0 Å². The van der Waals surface area contributed by atoms with E-state index in [1.54, 1.807) is 10.9 Å². The summed E-state index contributed by atoms with van der Waals surface area (Å²) in [6, 6.07) is 16.9. The number of piperazine rings is 1. The summed E-state index contributed by atoms with van der Waals surface area (Å²) in [6.07, 6.45) is 4.61. The van der Waals surface area contributed by atoms with E-state index < -0.39 is 0 Å². The molecule has 1 aromatic carbocycles. The van der Waals surface area contributed by atoms with Gasteiger partial charge in [-0.25, -0.2) is 4.98 Å². The first-order chi connectivity index (χ1) is 14.3. The summed E-state index contributed by atoms with van der Waals surface area (Å²) >= 11 is 0. The number of aromatic hydroxyl groups is 1. The van der Waals surface area contributed by atoms with Gasteiger partial charge in [0.2, 0.25) is 5.88 Å². The molecule has 0 spiro atoms. The zero-order valence-corrected chi connectivity index (χ0v) is 16.6. The highest BCUT2D eigenvalue weighted by molar-refractivity contribution is 5.39. The Morgan fingerprint density at radius 3 is 2.52 bits per heavy atom. The van der Waals surface area contributed by atoms with Gasteiger partial charge in [0.1, 0.15) is 0 Å². The van der Waals surface area contributed by atoms with Crippen molar-refractivity contribution in [2.45, 2.75) is 31.8 Å². The van der Waals surface area contributed by atoms with Gasteiger partial charge < -0.3 is 5.11 Å². The summed E-state index contributed by atoms with van der Waals surface area (Å²) in [5.74, 6) is 0.927. The van der Waals surface area contributed by atoms with E-state index in [0.717, 1.165) is 63.2 Å². The van der Waals surface area contributed by atoms with Crippen molar-refractivity contribution in [3.05, 3.63) is 71.5 Å². The van der Waals surface area contributed by atoms with Crippen molar-refractivity contribution in [2.24, 2.45) is 0 Å². The molecule has 5 rings (SSSR count). The lowest BCUT2D eigenvalue weighted by atomic mass is 9.91. The summed E-state index contributed by atoms with van der Waals surface area (Å²) in [5, 5.41) is 15.4. The van der Waals surface area contributed by atoms with Gasteiger partial charge in [0.25, 0.3) is 0 Å². The highest BCUT2D eigenvalue weighted by Gasteiger charge is 2.31. The molecule has 1 atom stereocenters. The van der Waals surface area contributed by atoms with Crippen LogP contribution in [0, 0.1) is 0 Å². The zero-order chi connectivity index (χ0) is 19.6. The Morgan fingerprint density at radius 1 is 0.966 bits per heavy atom. The first-order valence-corrected chi connectivity index (χ1v) is 10.5. The molecule has 2 aliphatic rings. The maximum absolute atomic E-state index is 10.8. The standard InChI is InChI=1S/C23H27N5O/c29-23-20-16-19(9-10-21(20)25-28(23)22-8-4-5-11-24-22)27-14-12-26(13-15-27)17-18-6-2-1-3-7-18/h1-8,11,19,29H,9-10,12-17H2. The smallest absolute Gasteiger partial charge is 0.219 e. The van der Waals surface area contributed by atoms with E-state index >= 15 is 0 Å². The van der Waals surface area contributed by atoms with Crippen molar-refractivity contribution in [3.8, 4) is 11.7 Å². The van der Waals surface area contributed by atoms with Gasteiger partial charge >= 0.3 is 0 Å².